The van der Waals surface area contributed by atoms with Gasteiger partial charge < -0.3 is 15.5 Å². The quantitative estimate of drug-likeness (QED) is 0.598. The van der Waals surface area contributed by atoms with E-state index in [-0.39, 0.29) is 5.92 Å². The van der Waals surface area contributed by atoms with E-state index in [1.54, 1.807) is 26.8 Å². The molecular formula is C14H22N4O4. The summed E-state index contributed by atoms with van der Waals surface area (Å²) in [5.41, 5.74) is 9.98. The summed E-state index contributed by atoms with van der Waals surface area (Å²) < 4.78 is 5.25. The lowest BCUT2D eigenvalue weighted by Gasteiger charge is -2.22. The van der Waals surface area contributed by atoms with Crippen LogP contribution < -0.4 is 21.9 Å². The first-order valence-electron chi connectivity index (χ1n) is 6.99. The molecule has 0 aliphatic rings. The van der Waals surface area contributed by atoms with Gasteiger partial charge in [-0.1, -0.05) is 20.3 Å². The smallest absolute Gasteiger partial charge is 0.312 e. The Morgan fingerprint density at radius 2 is 1.91 bits per heavy atom. The SMILES string of the molecule is CCC(C)C(NC(N)=O)C(=O)NNC(=O)c1cc(C)oc1C. The lowest BCUT2D eigenvalue weighted by molar-refractivity contribution is -0.124. The van der Waals surface area contributed by atoms with Gasteiger partial charge in [0.2, 0.25) is 0 Å². The second-order valence-electron chi connectivity index (χ2n) is 5.14. The fourth-order valence-corrected chi connectivity index (χ4v) is 1.97. The molecule has 5 N–H and O–H groups in total. The summed E-state index contributed by atoms with van der Waals surface area (Å²) in [5, 5.41) is 2.37. The number of aryl methyl sites for hydroxylation is 2. The van der Waals surface area contributed by atoms with Gasteiger partial charge in [-0.05, 0) is 25.8 Å². The van der Waals surface area contributed by atoms with Crippen LogP contribution >= 0.6 is 0 Å². The van der Waals surface area contributed by atoms with Gasteiger partial charge in [-0.2, -0.15) is 0 Å². The van der Waals surface area contributed by atoms with Gasteiger partial charge in [0.05, 0.1) is 5.56 Å². The summed E-state index contributed by atoms with van der Waals surface area (Å²) in [6, 6.07) is -0.0481. The van der Waals surface area contributed by atoms with E-state index < -0.39 is 23.9 Å². The Kier molecular flexibility index (Phi) is 5.97. The Balaban J connectivity index is 2.68. The minimum absolute atomic E-state index is 0.137. The van der Waals surface area contributed by atoms with Gasteiger partial charge in [-0.3, -0.25) is 20.4 Å². The number of primary amides is 1. The summed E-state index contributed by atoms with van der Waals surface area (Å²) in [6.07, 6.45) is 0.659. The predicted molar refractivity (Wildman–Crippen MR) is 79.8 cm³/mol. The van der Waals surface area contributed by atoms with Crippen molar-refractivity contribution in [2.75, 3.05) is 0 Å². The molecule has 122 valence electrons. The third-order valence-corrected chi connectivity index (χ3v) is 3.38. The van der Waals surface area contributed by atoms with Crippen LogP contribution in [-0.2, 0) is 4.79 Å². The Morgan fingerprint density at radius 1 is 1.27 bits per heavy atom. The molecule has 0 aliphatic carbocycles. The molecule has 1 aromatic heterocycles. The highest BCUT2D eigenvalue weighted by atomic mass is 16.3. The fraction of sp³-hybridized carbons (Fsp3) is 0.500. The molecule has 1 rings (SSSR count). The van der Waals surface area contributed by atoms with E-state index in [1.807, 2.05) is 6.92 Å². The number of hydrogen-bond acceptors (Lipinski definition) is 4. The number of amides is 4. The van der Waals surface area contributed by atoms with Gasteiger partial charge in [0.25, 0.3) is 11.8 Å². The highest BCUT2D eigenvalue weighted by Crippen LogP contribution is 2.13. The average molecular weight is 310 g/mol. The van der Waals surface area contributed by atoms with Crippen molar-refractivity contribution in [2.45, 2.75) is 40.2 Å². The highest BCUT2D eigenvalue weighted by molar-refractivity contribution is 5.97. The Morgan fingerprint density at radius 3 is 2.36 bits per heavy atom. The molecule has 0 radical (unpaired) electrons. The van der Waals surface area contributed by atoms with Crippen molar-refractivity contribution in [2.24, 2.45) is 11.7 Å². The zero-order valence-electron chi connectivity index (χ0n) is 13.1. The summed E-state index contributed by atoms with van der Waals surface area (Å²) in [7, 11) is 0. The number of rotatable bonds is 5. The van der Waals surface area contributed by atoms with Gasteiger partial charge in [0.15, 0.2) is 0 Å². The lowest BCUT2D eigenvalue weighted by atomic mass is 9.99. The molecule has 1 heterocycles. The van der Waals surface area contributed by atoms with E-state index in [4.69, 9.17) is 10.2 Å². The largest absolute Gasteiger partial charge is 0.466 e. The van der Waals surface area contributed by atoms with E-state index >= 15 is 0 Å². The summed E-state index contributed by atoms with van der Waals surface area (Å²) in [4.78, 5) is 35.0. The third kappa shape index (κ3) is 4.51. The first-order chi connectivity index (χ1) is 10.3. The normalized spacial score (nSPS) is 13.1. The molecule has 22 heavy (non-hydrogen) atoms. The van der Waals surface area contributed by atoms with Crippen molar-refractivity contribution in [3.05, 3.63) is 23.2 Å². The second-order valence-corrected chi connectivity index (χ2v) is 5.14. The average Bonchev–Trinajstić information content (AvgIpc) is 2.79. The van der Waals surface area contributed by atoms with E-state index in [0.29, 0.717) is 23.5 Å². The van der Waals surface area contributed by atoms with E-state index in [9.17, 15) is 14.4 Å². The highest BCUT2D eigenvalue weighted by Gasteiger charge is 2.25. The van der Waals surface area contributed by atoms with Crippen molar-refractivity contribution < 1.29 is 18.8 Å². The van der Waals surface area contributed by atoms with Gasteiger partial charge in [-0.15, -0.1) is 0 Å². The number of carbonyl (C=O) groups excluding carboxylic acids is 3. The molecule has 0 fully saturated rings. The second kappa shape index (κ2) is 7.48. The Labute approximate surface area is 128 Å². The van der Waals surface area contributed by atoms with Crippen LogP contribution in [0.4, 0.5) is 4.79 Å². The maximum atomic E-state index is 12.1. The molecule has 0 spiro atoms. The monoisotopic (exact) mass is 310 g/mol. The first-order valence-corrected chi connectivity index (χ1v) is 6.99. The van der Waals surface area contributed by atoms with E-state index in [0.717, 1.165) is 0 Å². The number of nitrogens with one attached hydrogen (secondary N) is 3. The molecule has 8 nitrogen and oxygen atoms in total. The van der Waals surface area contributed by atoms with Crippen LogP contribution in [0.25, 0.3) is 0 Å². The zero-order valence-corrected chi connectivity index (χ0v) is 13.1. The molecule has 8 heteroatoms. The minimum atomic E-state index is -0.824. The van der Waals surface area contributed by atoms with Crippen LogP contribution in [0.1, 0.15) is 42.1 Å². The van der Waals surface area contributed by atoms with Crippen molar-refractivity contribution in [1.82, 2.24) is 16.2 Å². The fourth-order valence-electron chi connectivity index (χ4n) is 1.97. The standard InChI is InChI=1S/C14H22N4O4/c1-5-7(2)11(16-14(15)21)13(20)18-17-12(19)10-6-8(3)22-9(10)4/h6-7,11H,5H2,1-4H3,(H,17,19)(H,18,20)(H3,15,16,21). The first kappa shape index (κ1) is 17.5. The summed E-state index contributed by atoms with van der Waals surface area (Å²) in [5.74, 6) is -0.119. The van der Waals surface area contributed by atoms with Gasteiger partial charge >= 0.3 is 6.03 Å². The van der Waals surface area contributed by atoms with Crippen molar-refractivity contribution in [3.63, 3.8) is 0 Å². The van der Waals surface area contributed by atoms with Crippen LogP contribution in [-0.4, -0.2) is 23.9 Å². The van der Waals surface area contributed by atoms with Gasteiger partial charge in [0, 0.05) is 0 Å². The van der Waals surface area contributed by atoms with Crippen LogP contribution in [0.5, 0.6) is 0 Å². The van der Waals surface area contributed by atoms with Crippen molar-refractivity contribution in [3.8, 4) is 0 Å². The molecule has 0 bridgehead atoms. The van der Waals surface area contributed by atoms with Crippen LogP contribution in [0.2, 0.25) is 0 Å². The molecule has 0 aromatic carbocycles. The number of furan rings is 1. The minimum Gasteiger partial charge on any atom is -0.466 e. The van der Waals surface area contributed by atoms with Crippen LogP contribution in [0, 0.1) is 19.8 Å². The topological polar surface area (TPSA) is 126 Å². The van der Waals surface area contributed by atoms with Gasteiger partial charge in [0.1, 0.15) is 17.6 Å². The number of urea groups is 1. The lowest BCUT2D eigenvalue weighted by Crippen LogP contribution is -2.55. The molecule has 0 saturated heterocycles. The summed E-state index contributed by atoms with van der Waals surface area (Å²) in [6.45, 7) is 7.05. The molecule has 0 aliphatic heterocycles. The number of nitrogens with two attached hydrogens (primary N) is 1. The Bertz CT molecular complexity index is 567. The van der Waals surface area contributed by atoms with Crippen molar-refractivity contribution >= 4 is 17.8 Å². The molecule has 2 unspecified atom stereocenters. The maximum Gasteiger partial charge on any atom is 0.312 e. The molecule has 1 aromatic rings. The molecule has 0 saturated carbocycles. The number of hydrogen-bond donors (Lipinski definition) is 4. The van der Waals surface area contributed by atoms with Crippen molar-refractivity contribution in [1.29, 1.82) is 0 Å². The predicted octanol–water partition coefficient (Wildman–Crippen LogP) is 0.740. The molecule has 2 atom stereocenters. The van der Waals surface area contributed by atoms with E-state index in [1.165, 1.54) is 0 Å². The van der Waals surface area contributed by atoms with E-state index in [2.05, 4.69) is 16.2 Å². The Hall–Kier alpha value is -2.51. The van der Waals surface area contributed by atoms with Crippen LogP contribution in [0.3, 0.4) is 0 Å². The molecule has 4 amide bonds. The number of hydrazine groups is 1. The zero-order chi connectivity index (χ0) is 16.9. The maximum absolute atomic E-state index is 12.1. The van der Waals surface area contributed by atoms with Gasteiger partial charge in [-0.25, -0.2) is 4.79 Å². The molecular weight excluding hydrogens is 288 g/mol. The van der Waals surface area contributed by atoms with Crippen LogP contribution in [0.15, 0.2) is 10.5 Å². The summed E-state index contributed by atoms with van der Waals surface area (Å²) >= 11 is 0. The number of carbonyl (C=O) groups is 3. The third-order valence-electron chi connectivity index (χ3n) is 3.38.